The second-order valence-electron chi connectivity index (χ2n) is 4.59. The molecule has 0 radical (unpaired) electrons. The molecule has 18 heavy (non-hydrogen) atoms. The van der Waals surface area contributed by atoms with Crippen molar-refractivity contribution in [1.29, 1.82) is 0 Å². The van der Waals surface area contributed by atoms with Crippen LogP contribution >= 0.6 is 0 Å². The fourth-order valence-corrected chi connectivity index (χ4v) is 2.28. The van der Waals surface area contributed by atoms with Gasteiger partial charge in [0.2, 0.25) is 0 Å². The van der Waals surface area contributed by atoms with Gasteiger partial charge in [-0.1, -0.05) is 49.8 Å². The summed E-state index contributed by atoms with van der Waals surface area (Å²) in [7, 11) is 0. The van der Waals surface area contributed by atoms with E-state index in [0.29, 0.717) is 6.54 Å². The summed E-state index contributed by atoms with van der Waals surface area (Å²) in [6.45, 7) is 8.25. The number of carbonyl (C=O) groups excluding carboxylic acids is 1. The average molecular weight is 245 g/mol. The minimum atomic E-state index is 0.0392. The van der Waals surface area contributed by atoms with Crippen LogP contribution in [0.25, 0.3) is 0 Å². The highest BCUT2D eigenvalue weighted by molar-refractivity contribution is 5.79. The number of rotatable bonds is 8. The molecular formula is C16H23NO. The van der Waals surface area contributed by atoms with Crippen LogP contribution in [0, 0.1) is 5.92 Å². The van der Waals surface area contributed by atoms with E-state index in [4.69, 9.17) is 0 Å². The smallest absolute Gasteiger partial charge is 0.134 e. The summed E-state index contributed by atoms with van der Waals surface area (Å²) in [6, 6.07) is 10.3. The van der Waals surface area contributed by atoms with Crippen LogP contribution in [0.4, 0.5) is 0 Å². The lowest BCUT2D eigenvalue weighted by Crippen LogP contribution is -2.32. The maximum atomic E-state index is 11.8. The number of ketones is 1. The van der Waals surface area contributed by atoms with Crippen LogP contribution in [0.5, 0.6) is 0 Å². The quantitative estimate of drug-likeness (QED) is 0.710. The number of hydrogen-bond acceptors (Lipinski definition) is 2. The van der Waals surface area contributed by atoms with E-state index < -0.39 is 0 Å². The summed E-state index contributed by atoms with van der Waals surface area (Å²) in [5.41, 5.74) is 1.17. The van der Waals surface area contributed by atoms with E-state index in [-0.39, 0.29) is 17.7 Å². The zero-order valence-electron chi connectivity index (χ0n) is 11.4. The zero-order valence-corrected chi connectivity index (χ0v) is 11.4. The average Bonchev–Trinajstić information content (AvgIpc) is 2.39. The molecule has 2 nitrogen and oxygen atoms in total. The predicted molar refractivity (Wildman–Crippen MR) is 76.5 cm³/mol. The molecule has 0 fully saturated rings. The van der Waals surface area contributed by atoms with Gasteiger partial charge in [0.1, 0.15) is 5.78 Å². The Balaban J connectivity index is 2.95. The van der Waals surface area contributed by atoms with E-state index in [0.717, 1.165) is 12.8 Å². The highest BCUT2D eigenvalue weighted by Gasteiger charge is 2.25. The van der Waals surface area contributed by atoms with Gasteiger partial charge in [0, 0.05) is 18.5 Å². The fraction of sp³-hybridized carbons (Fsp3) is 0.438. The van der Waals surface area contributed by atoms with Crippen LogP contribution < -0.4 is 5.32 Å². The first-order valence-corrected chi connectivity index (χ1v) is 6.60. The fourth-order valence-electron chi connectivity index (χ4n) is 2.28. The number of hydrogen-bond donors (Lipinski definition) is 1. The number of carbonyl (C=O) groups is 1. The Morgan fingerprint density at radius 3 is 2.56 bits per heavy atom. The van der Waals surface area contributed by atoms with E-state index >= 15 is 0 Å². The lowest BCUT2D eigenvalue weighted by Gasteiger charge is -2.26. The SMILES string of the molecule is C=CCNC(c1ccccc1)C(CCC)C(C)=O. The molecule has 2 unspecified atom stereocenters. The van der Waals surface area contributed by atoms with Crippen LogP contribution in [-0.2, 0) is 4.79 Å². The molecule has 1 aromatic carbocycles. The molecule has 0 saturated heterocycles. The van der Waals surface area contributed by atoms with Gasteiger partial charge in [-0.2, -0.15) is 0 Å². The topological polar surface area (TPSA) is 29.1 Å². The van der Waals surface area contributed by atoms with Gasteiger partial charge in [-0.3, -0.25) is 4.79 Å². The van der Waals surface area contributed by atoms with Crippen molar-refractivity contribution in [2.45, 2.75) is 32.7 Å². The number of Topliss-reactive ketones (excluding diaryl/α,β-unsaturated/α-hetero) is 1. The molecule has 2 heteroatoms. The lowest BCUT2D eigenvalue weighted by molar-refractivity contribution is -0.121. The normalized spacial score (nSPS) is 13.9. The van der Waals surface area contributed by atoms with Crippen molar-refractivity contribution in [3.05, 3.63) is 48.6 Å². The van der Waals surface area contributed by atoms with Crippen LogP contribution in [0.15, 0.2) is 43.0 Å². The summed E-state index contributed by atoms with van der Waals surface area (Å²) >= 11 is 0. The first kappa shape index (κ1) is 14.7. The molecule has 98 valence electrons. The van der Waals surface area contributed by atoms with Gasteiger partial charge in [-0.25, -0.2) is 0 Å². The number of nitrogens with one attached hydrogen (secondary N) is 1. The molecule has 0 aliphatic heterocycles. The first-order valence-electron chi connectivity index (χ1n) is 6.60. The molecule has 0 aliphatic carbocycles. The minimum Gasteiger partial charge on any atom is -0.306 e. The molecule has 0 heterocycles. The van der Waals surface area contributed by atoms with Crippen molar-refractivity contribution in [2.24, 2.45) is 5.92 Å². The monoisotopic (exact) mass is 245 g/mol. The van der Waals surface area contributed by atoms with Gasteiger partial charge >= 0.3 is 0 Å². The molecule has 1 N–H and O–H groups in total. The maximum Gasteiger partial charge on any atom is 0.134 e. The Bertz CT molecular complexity index is 372. The predicted octanol–water partition coefficient (Wildman–Crippen LogP) is 3.51. The van der Waals surface area contributed by atoms with Crippen molar-refractivity contribution >= 4 is 5.78 Å². The van der Waals surface area contributed by atoms with Gasteiger partial charge in [0.25, 0.3) is 0 Å². The minimum absolute atomic E-state index is 0.0392. The molecule has 0 amide bonds. The van der Waals surface area contributed by atoms with E-state index in [1.54, 1.807) is 6.92 Å². The summed E-state index contributed by atoms with van der Waals surface area (Å²) in [5, 5.41) is 3.41. The van der Waals surface area contributed by atoms with Crippen molar-refractivity contribution in [3.63, 3.8) is 0 Å². The Morgan fingerprint density at radius 2 is 2.06 bits per heavy atom. The van der Waals surface area contributed by atoms with E-state index in [9.17, 15) is 4.79 Å². The summed E-state index contributed by atoms with van der Waals surface area (Å²) < 4.78 is 0. The van der Waals surface area contributed by atoms with Gasteiger partial charge in [0.15, 0.2) is 0 Å². The molecular weight excluding hydrogens is 222 g/mol. The Labute approximate surface area is 110 Å². The van der Waals surface area contributed by atoms with Crippen LogP contribution in [0.2, 0.25) is 0 Å². The van der Waals surface area contributed by atoms with Crippen molar-refractivity contribution < 1.29 is 4.79 Å². The third kappa shape index (κ3) is 4.11. The highest BCUT2D eigenvalue weighted by atomic mass is 16.1. The van der Waals surface area contributed by atoms with Gasteiger partial charge in [-0.05, 0) is 18.9 Å². The largest absolute Gasteiger partial charge is 0.306 e. The molecule has 0 aromatic heterocycles. The zero-order chi connectivity index (χ0) is 13.4. The lowest BCUT2D eigenvalue weighted by atomic mass is 9.86. The Morgan fingerprint density at radius 1 is 1.39 bits per heavy atom. The molecule has 0 bridgehead atoms. The maximum absolute atomic E-state index is 11.8. The standard InChI is InChI=1S/C16H23NO/c1-4-9-15(13(3)18)16(17-12-5-2)14-10-7-6-8-11-14/h5-8,10-11,15-17H,2,4,9,12H2,1,3H3. The summed E-state index contributed by atoms with van der Waals surface area (Å²) in [6.07, 6.45) is 3.77. The molecule has 1 rings (SSSR count). The summed E-state index contributed by atoms with van der Waals surface area (Å²) in [5.74, 6) is 0.291. The highest BCUT2D eigenvalue weighted by Crippen LogP contribution is 2.26. The molecule has 0 aliphatic rings. The van der Waals surface area contributed by atoms with Gasteiger partial charge < -0.3 is 5.32 Å². The van der Waals surface area contributed by atoms with E-state index in [1.165, 1.54) is 5.56 Å². The second-order valence-corrected chi connectivity index (χ2v) is 4.59. The van der Waals surface area contributed by atoms with Gasteiger partial charge in [-0.15, -0.1) is 6.58 Å². The number of benzene rings is 1. The van der Waals surface area contributed by atoms with Crippen LogP contribution in [0.1, 0.15) is 38.3 Å². The van der Waals surface area contributed by atoms with Gasteiger partial charge in [0.05, 0.1) is 0 Å². The van der Waals surface area contributed by atoms with E-state index in [2.05, 4.69) is 31.0 Å². The van der Waals surface area contributed by atoms with Crippen LogP contribution in [-0.4, -0.2) is 12.3 Å². The third-order valence-corrected chi connectivity index (χ3v) is 3.17. The first-order chi connectivity index (χ1) is 8.70. The Hall–Kier alpha value is -1.41. The van der Waals surface area contributed by atoms with Crippen molar-refractivity contribution in [2.75, 3.05) is 6.54 Å². The van der Waals surface area contributed by atoms with E-state index in [1.807, 2.05) is 24.3 Å². The van der Waals surface area contributed by atoms with Crippen molar-refractivity contribution in [3.8, 4) is 0 Å². The second kappa shape index (κ2) is 7.83. The molecule has 1 aromatic rings. The molecule has 0 spiro atoms. The third-order valence-electron chi connectivity index (χ3n) is 3.17. The molecule has 0 saturated carbocycles. The molecule has 2 atom stereocenters. The van der Waals surface area contributed by atoms with Crippen LogP contribution in [0.3, 0.4) is 0 Å². The Kier molecular flexibility index (Phi) is 6.37. The summed E-state index contributed by atoms with van der Waals surface area (Å²) in [4.78, 5) is 11.8. The van der Waals surface area contributed by atoms with Crippen molar-refractivity contribution in [1.82, 2.24) is 5.32 Å².